The fourth-order valence-corrected chi connectivity index (χ4v) is 2.96. The van der Waals surface area contributed by atoms with Gasteiger partial charge in [0.15, 0.2) is 5.69 Å². The maximum Gasteiger partial charge on any atom is 0.272 e. The maximum atomic E-state index is 12.4. The molecule has 1 aliphatic rings. The van der Waals surface area contributed by atoms with Crippen LogP contribution in [-0.2, 0) is 24.9 Å². The second kappa shape index (κ2) is 6.97. The molecule has 1 unspecified atom stereocenters. The topological polar surface area (TPSA) is 75.2 Å². The monoisotopic (exact) mass is 317 g/mol. The molecule has 0 aromatic carbocycles. The van der Waals surface area contributed by atoms with Gasteiger partial charge in [0.2, 0.25) is 0 Å². The van der Waals surface area contributed by atoms with Gasteiger partial charge in [0.25, 0.3) is 5.91 Å². The Morgan fingerprint density at radius 3 is 3.13 bits per heavy atom. The highest BCUT2D eigenvalue weighted by atomic mass is 16.5. The summed E-state index contributed by atoms with van der Waals surface area (Å²) >= 11 is 0. The van der Waals surface area contributed by atoms with Crippen molar-refractivity contribution in [2.24, 2.45) is 7.05 Å². The Balaban J connectivity index is 1.64. The van der Waals surface area contributed by atoms with Gasteiger partial charge in [-0.25, -0.2) is 0 Å². The zero-order valence-electron chi connectivity index (χ0n) is 13.6. The van der Waals surface area contributed by atoms with E-state index < -0.39 is 0 Å². The van der Waals surface area contributed by atoms with Crippen molar-refractivity contribution in [2.75, 3.05) is 20.2 Å². The van der Waals surface area contributed by atoms with E-state index in [9.17, 15) is 4.79 Å². The van der Waals surface area contributed by atoms with Crippen LogP contribution >= 0.6 is 0 Å². The second-order valence-electron chi connectivity index (χ2n) is 5.94. The van der Waals surface area contributed by atoms with E-state index >= 15 is 0 Å². The Morgan fingerprint density at radius 1 is 1.57 bits per heavy atom. The van der Waals surface area contributed by atoms with Gasteiger partial charge in [-0.3, -0.25) is 14.4 Å². The van der Waals surface area contributed by atoms with Gasteiger partial charge >= 0.3 is 0 Å². The summed E-state index contributed by atoms with van der Waals surface area (Å²) in [4.78, 5) is 17.8. The minimum absolute atomic E-state index is 0.141. The van der Waals surface area contributed by atoms with Crippen molar-refractivity contribution < 1.29 is 9.53 Å². The Labute approximate surface area is 135 Å². The van der Waals surface area contributed by atoms with E-state index in [2.05, 4.69) is 20.3 Å². The van der Waals surface area contributed by atoms with Crippen LogP contribution in [0.2, 0.25) is 0 Å². The van der Waals surface area contributed by atoms with Gasteiger partial charge in [-0.1, -0.05) is 0 Å². The first-order chi connectivity index (χ1) is 11.2. The van der Waals surface area contributed by atoms with Crippen molar-refractivity contribution >= 4 is 5.91 Å². The van der Waals surface area contributed by atoms with Gasteiger partial charge in [-0.15, -0.1) is 0 Å². The third-order valence-electron chi connectivity index (χ3n) is 4.18. The summed E-state index contributed by atoms with van der Waals surface area (Å²) in [5, 5.41) is 7.24. The van der Waals surface area contributed by atoms with Crippen LogP contribution in [0, 0.1) is 0 Å². The highest BCUT2D eigenvalue weighted by Crippen LogP contribution is 2.17. The molecule has 0 aliphatic carbocycles. The number of aromatic nitrogens is 3. The van der Waals surface area contributed by atoms with Gasteiger partial charge in [0, 0.05) is 57.4 Å². The Hall–Kier alpha value is -2.12. The van der Waals surface area contributed by atoms with E-state index in [0.29, 0.717) is 12.2 Å². The number of carbonyl (C=O) groups excluding carboxylic acids is 1. The largest absolute Gasteiger partial charge is 0.380 e. The standard InChI is InChI=1S/C16H23N5O2/c1-20-9-12(10-21-7-5-14(11-21)23-2)15(19-20)16(22)18-8-13-4-3-6-17-13/h3-4,6,9,14,17H,5,7-8,10-11H2,1-2H3,(H,18,22). The number of nitrogens with one attached hydrogen (secondary N) is 2. The number of amides is 1. The zero-order chi connectivity index (χ0) is 16.2. The van der Waals surface area contributed by atoms with Crippen LogP contribution in [0.25, 0.3) is 0 Å². The number of aromatic amines is 1. The Morgan fingerprint density at radius 2 is 2.43 bits per heavy atom. The molecule has 7 nitrogen and oxygen atoms in total. The van der Waals surface area contributed by atoms with Crippen LogP contribution in [-0.4, -0.2) is 51.9 Å². The maximum absolute atomic E-state index is 12.4. The van der Waals surface area contributed by atoms with Gasteiger partial charge < -0.3 is 15.0 Å². The number of nitrogens with zero attached hydrogens (tertiary/aromatic N) is 3. The van der Waals surface area contributed by atoms with Crippen molar-refractivity contribution in [3.63, 3.8) is 0 Å². The minimum atomic E-state index is -0.141. The van der Waals surface area contributed by atoms with Gasteiger partial charge in [0.05, 0.1) is 12.6 Å². The normalized spacial score (nSPS) is 18.4. The Kier molecular flexibility index (Phi) is 4.78. The number of ether oxygens (including phenoxy) is 1. The zero-order valence-corrected chi connectivity index (χ0v) is 13.6. The number of aryl methyl sites for hydroxylation is 1. The number of H-pyrrole nitrogens is 1. The highest BCUT2D eigenvalue weighted by Gasteiger charge is 2.24. The molecule has 1 atom stereocenters. The summed E-state index contributed by atoms with van der Waals surface area (Å²) in [5.41, 5.74) is 2.42. The summed E-state index contributed by atoms with van der Waals surface area (Å²) < 4.78 is 7.09. The quantitative estimate of drug-likeness (QED) is 0.830. The molecule has 0 spiro atoms. The third kappa shape index (κ3) is 3.80. The molecule has 3 rings (SSSR count). The van der Waals surface area contributed by atoms with E-state index in [1.54, 1.807) is 11.8 Å². The second-order valence-corrected chi connectivity index (χ2v) is 5.94. The minimum Gasteiger partial charge on any atom is -0.380 e. The molecule has 0 radical (unpaired) electrons. The predicted molar refractivity (Wildman–Crippen MR) is 85.9 cm³/mol. The molecule has 0 saturated carbocycles. The van der Waals surface area contributed by atoms with Crippen LogP contribution < -0.4 is 5.32 Å². The van der Waals surface area contributed by atoms with Crippen molar-refractivity contribution in [3.05, 3.63) is 41.5 Å². The Bertz CT molecular complexity index is 649. The lowest BCUT2D eigenvalue weighted by molar-refractivity contribution is 0.0942. The summed E-state index contributed by atoms with van der Waals surface area (Å²) in [6.07, 6.45) is 5.08. The highest BCUT2D eigenvalue weighted by molar-refractivity contribution is 5.93. The van der Waals surface area contributed by atoms with Gasteiger partial charge in [-0.2, -0.15) is 5.10 Å². The lowest BCUT2D eigenvalue weighted by Crippen LogP contribution is -2.27. The number of methoxy groups -OCH3 is 1. The summed E-state index contributed by atoms with van der Waals surface area (Å²) in [7, 11) is 3.59. The van der Waals surface area contributed by atoms with Crippen molar-refractivity contribution in [3.8, 4) is 0 Å². The third-order valence-corrected chi connectivity index (χ3v) is 4.18. The number of hydrogen-bond donors (Lipinski definition) is 2. The van der Waals surface area contributed by atoms with E-state index in [1.165, 1.54) is 0 Å². The van der Waals surface area contributed by atoms with E-state index in [-0.39, 0.29) is 12.0 Å². The summed E-state index contributed by atoms with van der Waals surface area (Å²) in [6, 6.07) is 3.85. The van der Waals surface area contributed by atoms with Crippen molar-refractivity contribution in [1.82, 2.24) is 25.0 Å². The molecule has 23 heavy (non-hydrogen) atoms. The van der Waals surface area contributed by atoms with Crippen LogP contribution in [0.15, 0.2) is 24.5 Å². The smallest absolute Gasteiger partial charge is 0.272 e. The predicted octanol–water partition coefficient (Wildman–Crippen LogP) is 0.899. The lowest BCUT2D eigenvalue weighted by atomic mass is 10.2. The van der Waals surface area contributed by atoms with Crippen LogP contribution in [0.5, 0.6) is 0 Å². The van der Waals surface area contributed by atoms with E-state index in [0.717, 1.165) is 37.3 Å². The SMILES string of the molecule is COC1CCN(Cc2cn(C)nc2C(=O)NCc2ccc[nH]2)C1. The number of likely N-dealkylation sites (tertiary alicyclic amines) is 1. The van der Waals surface area contributed by atoms with Crippen molar-refractivity contribution in [1.29, 1.82) is 0 Å². The fourth-order valence-electron chi connectivity index (χ4n) is 2.96. The molecular formula is C16H23N5O2. The molecular weight excluding hydrogens is 294 g/mol. The molecule has 2 aromatic heterocycles. The average Bonchev–Trinajstić information content (AvgIpc) is 3.26. The molecule has 0 bridgehead atoms. The fraction of sp³-hybridized carbons (Fsp3) is 0.500. The van der Waals surface area contributed by atoms with Crippen LogP contribution in [0.1, 0.15) is 28.2 Å². The molecule has 7 heteroatoms. The number of hydrogen-bond acceptors (Lipinski definition) is 4. The first kappa shape index (κ1) is 15.8. The van der Waals surface area contributed by atoms with E-state index in [1.807, 2.05) is 31.6 Å². The molecule has 1 aliphatic heterocycles. The molecule has 2 N–H and O–H groups in total. The molecule has 1 fully saturated rings. The molecule has 124 valence electrons. The molecule has 2 aromatic rings. The van der Waals surface area contributed by atoms with Crippen molar-refractivity contribution in [2.45, 2.75) is 25.6 Å². The van der Waals surface area contributed by atoms with Gasteiger partial charge in [-0.05, 0) is 18.6 Å². The molecule has 1 amide bonds. The molecule has 3 heterocycles. The lowest BCUT2D eigenvalue weighted by Gasteiger charge is -2.15. The van der Waals surface area contributed by atoms with E-state index in [4.69, 9.17) is 4.74 Å². The number of rotatable bonds is 6. The average molecular weight is 317 g/mol. The first-order valence-electron chi connectivity index (χ1n) is 7.84. The molecule has 1 saturated heterocycles. The number of carbonyl (C=O) groups is 1. The van der Waals surface area contributed by atoms with Crippen LogP contribution in [0.4, 0.5) is 0 Å². The summed E-state index contributed by atoms with van der Waals surface area (Å²) in [5.74, 6) is -0.141. The summed E-state index contributed by atoms with van der Waals surface area (Å²) in [6.45, 7) is 3.07. The van der Waals surface area contributed by atoms with Crippen LogP contribution in [0.3, 0.4) is 0 Å². The van der Waals surface area contributed by atoms with Gasteiger partial charge in [0.1, 0.15) is 0 Å². The first-order valence-corrected chi connectivity index (χ1v) is 7.84.